The molecule has 0 spiro atoms. The number of halogens is 1. The number of urea groups is 1. The predicted octanol–water partition coefficient (Wildman–Crippen LogP) is 5.62. The topological polar surface area (TPSA) is 110 Å². The van der Waals surface area contributed by atoms with Gasteiger partial charge in [-0.15, -0.1) is 0 Å². The summed E-state index contributed by atoms with van der Waals surface area (Å²) >= 11 is 6.85. The minimum absolute atomic E-state index is 0.101. The molecule has 11 heteroatoms. The second kappa shape index (κ2) is 18.5. The van der Waals surface area contributed by atoms with Crippen LogP contribution in [0.1, 0.15) is 36.1 Å². The van der Waals surface area contributed by atoms with Gasteiger partial charge in [0.1, 0.15) is 18.0 Å². The zero-order valence-corrected chi connectivity index (χ0v) is 28.5. The van der Waals surface area contributed by atoms with Crippen molar-refractivity contribution >= 4 is 23.7 Å². The highest BCUT2D eigenvalue weighted by molar-refractivity contribution is 6.33. The van der Waals surface area contributed by atoms with Crippen LogP contribution in [0, 0.1) is 0 Å². The molecule has 3 aromatic rings. The largest absolute Gasteiger partial charge is 0.497 e. The number of carbonyl (C=O) groups is 2. The molecule has 0 unspecified atom stereocenters. The summed E-state index contributed by atoms with van der Waals surface area (Å²) in [4.78, 5) is 26.9. The van der Waals surface area contributed by atoms with Crippen LogP contribution in [0.25, 0.3) is 11.1 Å². The lowest BCUT2D eigenvalue weighted by molar-refractivity contribution is -0.105. The third kappa shape index (κ3) is 10.3. The van der Waals surface area contributed by atoms with Crippen molar-refractivity contribution in [1.82, 2.24) is 20.9 Å². The van der Waals surface area contributed by atoms with Crippen molar-refractivity contribution in [3.05, 3.63) is 88.4 Å². The molecule has 10 nitrogen and oxygen atoms in total. The van der Waals surface area contributed by atoms with E-state index in [9.17, 15) is 9.59 Å². The number of aryl methyl sites for hydroxylation is 2. The number of alkyl carbamates (subject to hydrolysis) is 1. The Morgan fingerprint density at radius 3 is 2.55 bits per heavy atom. The second-order valence-corrected chi connectivity index (χ2v) is 11.8. The molecule has 1 heterocycles. The highest BCUT2D eigenvalue weighted by Gasteiger charge is 2.34. The lowest BCUT2D eigenvalue weighted by atomic mass is 9.92. The number of morpholine rings is 1. The van der Waals surface area contributed by atoms with E-state index in [4.69, 9.17) is 30.5 Å². The fourth-order valence-electron chi connectivity index (χ4n) is 5.68. The molecule has 4 rings (SSSR count). The van der Waals surface area contributed by atoms with Gasteiger partial charge in [0, 0.05) is 36.3 Å². The summed E-state index contributed by atoms with van der Waals surface area (Å²) in [5.74, 6) is 0.831. The summed E-state index contributed by atoms with van der Waals surface area (Å²) in [6, 6.07) is 22.0. The molecule has 0 aliphatic carbocycles. The standard InChI is InChI=1S/C36H47ClN4O6/c1-5-25-8-6-9-27(22-25)33-30(10-7-11-31(33)37)34(47-20-18-39-36(43)45-4)32-24-41(19-21-46-32)35(42)40-23-28(38-2)15-12-26-13-16-29(44-3)17-14-26/h6-11,13-14,16-17,22,28,32,34,38H,5,12,15,18-21,23-24H2,1-4H3,(H,39,43)(H,40,42)/t28-,32+,34-/m0/s1. The van der Waals surface area contributed by atoms with Crippen LogP contribution >= 0.6 is 11.6 Å². The average Bonchev–Trinajstić information content (AvgIpc) is 3.11. The van der Waals surface area contributed by atoms with Crippen molar-refractivity contribution in [2.45, 2.75) is 44.4 Å². The lowest BCUT2D eigenvalue weighted by Crippen LogP contribution is -2.53. The molecule has 254 valence electrons. The number of amides is 3. The smallest absolute Gasteiger partial charge is 0.406 e. The molecule has 1 aliphatic heterocycles. The summed E-state index contributed by atoms with van der Waals surface area (Å²) in [5, 5.41) is 9.69. The fourth-order valence-corrected chi connectivity index (χ4v) is 5.98. The Hall–Kier alpha value is -3.83. The van der Waals surface area contributed by atoms with Crippen molar-refractivity contribution < 1.29 is 28.5 Å². The minimum Gasteiger partial charge on any atom is -0.497 e. The maximum Gasteiger partial charge on any atom is 0.406 e. The quantitative estimate of drug-likeness (QED) is 0.181. The fraction of sp³-hybridized carbons (Fsp3) is 0.444. The number of nitrogens with zero attached hydrogens (tertiary/aromatic N) is 1. The number of rotatable bonds is 15. The van der Waals surface area contributed by atoms with Gasteiger partial charge in [-0.1, -0.05) is 67.1 Å². The molecule has 47 heavy (non-hydrogen) atoms. The van der Waals surface area contributed by atoms with Crippen LogP contribution in [-0.2, 0) is 27.1 Å². The van der Waals surface area contributed by atoms with Crippen molar-refractivity contribution in [3.8, 4) is 16.9 Å². The van der Waals surface area contributed by atoms with Gasteiger partial charge < -0.3 is 39.8 Å². The van der Waals surface area contributed by atoms with Crippen LogP contribution in [0.3, 0.4) is 0 Å². The van der Waals surface area contributed by atoms with E-state index in [0.29, 0.717) is 31.3 Å². The SMILES string of the molecule is CCc1cccc(-c2c(Cl)cccc2[C@H](OCCNC(=O)OC)[C@H]2CN(C(=O)NC[C@H](CCc3ccc(OC)cc3)NC)CCO2)c1. The number of benzene rings is 3. The van der Waals surface area contributed by atoms with E-state index >= 15 is 0 Å². The molecule has 3 aromatic carbocycles. The molecule has 1 aliphatic rings. The van der Waals surface area contributed by atoms with Gasteiger partial charge >= 0.3 is 12.1 Å². The van der Waals surface area contributed by atoms with E-state index in [-0.39, 0.29) is 25.2 Å². The molecule has 0 aromatic heterocycles. The Labute approximate surface area is 283 Å². The Balaban J connectivity index is 1.47. The summed E-state index contributed by atoms with van der Waals surface area (Å²) in [6.07, 6.45) is 1.04. The van der Waals surface area contributed by atoms with Crippen LogP contribution < -0.4 is 20.7 Å². The third-order valence-electron chi connectivity index (χ3n) is 8.40. The maximum absolute atomic E-state index is 13.4. The minimum atomic E-state index is -0.571. The first-order chi connectivity index (χ1) is 22.9. The molecular weight excluding hydrogens is 620 g/mol. The molecule has 3 N–H and O–H groups in total. The number of hydrogen-bond acceptors (Lipinski definition) is 7. The van der Waals surface area contributed by atoms with Gasteiger partial charge in [0.25, 0.3) is 0 Å². The highest BCUT2D eigenvalue weighted by Crippen LogP contribution is 2.39. The third-order valence-corrected chi connectivity index (χ3v) is 8.71. The first-order valence-corrected chi connectivity index (χ1v) is 16.5. The number of methoxy groups -OCH3 is 2. The first-order valence-electron chi connectivity index (χ1n) is 16.1. The van der Waals surface area contributed by atoms with Gasteiger partial charge in [0.15, 0.2) is 0 Å². The van der Waals surface area contributed by atoms with Crippen LogP contribution in [0.15, 0.2) is 66.7 Å². The van der Waals surface area contributed by atoms with Gasteiger partial charge in [0.05, 0.1) is 34.0 Å². The Morgan fingerprint density at radius 2 is 1.83 bits per heavy atom. The Bertz CT molecular complexity index is 1440. The normalized spacial score (nSPS) is 15.9. The van der Waals surface area contributed by atoms with E-state index in [1.165, 1.54) is 18.2 Å². The van der Waals surface area contributed by atoms with E-state index in [1.807, 2.05) is 49.5 Å². The van der Waals surface area contributed by atoms with Gasteiger partial charge in [-0.2, -0.15) is 0 Å². The summed E-state index contributed by atoms with van der Waals surface area (Å²) in [7, 11) is 4.88. The van der Waals surface area contributed by atoms with Crippen molar-refractivity contribution in [2.75, 3.05) is 60.7 Å². The van der Waals surface area contributed by atoms with Gasteiger partial charge in [-0.3, -0.25) is 0 Å². The number of carbonyl (C=O) groups excluding carboxylic acids is 2. The second-order valence-electron chi connectivity index (χ2n) is 11.4. The van der Waals surface area contributed by atoms with E-state index in [1.54, 1.807) is 12.0 Å². The average molecular weight is 667 g/mol. The van der Waals surface area contributed by atoms with Crippen LogP contribution in [0.4, 0.5) is 9.59 Å². The molecule has 0 saturated carbocycles. The Kier molecular flexibility index (Phi) is 14.2. The van der Waals surface area contributed by atoms with Crippen molar-refractivity contribution in [3.63, 3.8) is 0 Å². The molecule has 3 atom stereocenters. The van der Waals surface area contributed by atoms with Crippen LogP contribution in [0.5, 0.6) is 5.75 Å². The first kappa shape index (κ1) is 36.0. The van der Waals surface area contributed by atoms with Crippen molar-refractivity contribution in [2.24, 2.45) is 0 Å². The van der Waals surface area contributed by atoms with E-state index < -0.39 is 18.3 Å². The van der Waals surface area contributed by atoms with Crippen LogP contribution in [-0.4, -0.2) is 89.8 Å². The van der Waals surface area contributed by atoms with Gasteiger partial charge in [-0.25, -0.2) is 9.59 Å². The van der Waals surface area contributed by atoms with Crippen molar-refractivity contribution in [1.29, 1.82) is 0 Å². The number of ether oxygens (including phenoxy) is 4. The lowest BCUT2D eigenvalue weighted by Gasteiger charge is -2.38. The van der Waals surface area contributed by atoms with Crippen LogP contribution in [0.2, 0.25) is 5.02 Å². The molecule has 0 bridgehead atoms. The number of nitrogens with one attached hydrogen (secondary N) is 3. The molecule has 1 fully saturated rings. The maximum atomic E-state index is 13.4. The zero-order chi connectivity index (χ0) is 33.6. The monoisotopic (exact) mass is 666 g/mol. The Morgan fingerprint density at radius 1 is 1.04 bits per heavy atom. The summed E-state index contributed by atoms with van der Waals surface area (Å²) in [6.45, 7) is 4.16. The number of hydrogen-bond donors (Lipinski definition) is 3. The predicted molar refractivity (Wildman–Crippen MR) is 184 cm³/mol. The molecule has 0 radical (unpaired) electrons. The molecule has 1 saturated heterocycles. The van der Waals surface area contributed by atoms with E-state index in [0.717, 1.165) is 41.7 Å². The molecule has 3 amide bonds. The summed E-state index contributed by atoms with van der Waals surface area (Å²) < 4.78 is 22.7. The van der Waals surface area contributed by atoms with Gasteiger partial charge in [-0.05, 0) is 66.8 Å². The summed E-state index contributed by atoms with van der Waals surface area (Å²) in [5.41, 5.74) is 5.08. The molecular formula is C36H47ClN4O6. The zero-order valence-electron chi connectivity index (χ0n) is 27.7. The highest BCUT2D eigenvalue weighted by atomic mass is 35.5. The van der Waals surface area contributed by atoms with E-state index in [2.05, 4.69) is 47.1 Å². The number of likely N-dealkylation sites (N-methyl/N-ethyl adjacent to an activating group) is 1. The van der Waals surface area contributed by atoms with Gasteiger partial charge in [0.2, 0.25) is 0 Å².